The molecule has 0 saturated carbocycles. The van der Waals surface area contributed by atoms with E-state index in [1.54, 1.807) is 0 Å². The highest BCUT2D eigenvalue weighted by Crippen LogP contribution is 2.38. The van der Waals surface area contributed by atoms with Crippen molar-refractivity contribution in [2.45, 2.75) is 67.5 Å². The van der Waals surface area contributed by atoms with Gasteiger partial charge in [-0.2, -0.15) is 0 Å². The lowest BCUT2D eigenvalue weighted by molar-refractivity contribution is 0.0987. The van der Waals surface area contributed by atoms with Gasteiger partial charge in [-0.15, -0.1) is 0 Å². The molecule has 2 aromatic rings. The monoisotopic (exact) mass is 366 g/mol. The summed E-state index contributed by atoms with van der Waals surface area (Å²) in [5.74, 6) is 0.223. The van der Waals surface area contributed by atoms with Crippen LogP contribution in [0, 0.1) is 27.7 Å². The maximum Gasteiger partial charge on any atom is 0.162 e. The smallest absolute Gasteiger partial charge is 0.162 e. The summed E-state index contributed by atoms with van der Waals surface area (Å²) in [6.45, 7) is 14.5. The zero-order valence-electron chi connectivity index (χ0n) is 18.2. The number of benzene rings is 2. The standard InChI is InChI=1S/C22H28N2O.C2H6/c1-7-20(25)17-9-8-14(3)18(16(17)5)12-21-23-22-15(4)10-13(2)11-19(22)24(21)6;1-2/h8-11,21,23H,7,12H2,1-6H3;1-2H3. The number of rotatable bonds is 4. The summed E-state index contributed by atoms with van der Waals surface area (Å²) in [6.07, 6.45) is 1.64. The minimum Gasteiger partial charge on any atom is -0.363 e. The van der Waals surface area contributed by atoms with E-state index < -0.39 is 0 Å². The number of fused-ring (bicyclic) bond motifs is 1. The molecule has 0 aliphatic carbocycles. The molecule has 1 N–H and O–H groups in total. The van der Waals surface area contributed by atoms with Crippen molar-refractivity contribution in [3.63, 3.8) is 0 Å². The Labute approximate surface area is 164 Å². The van der Waals surface area contributed by atoms with Crippen molar-refractivity contribution in [2.24, 2.45) is 0 Å². The van der Waals surface area contributed by atoms with E-state index in [0.29, 0.717) is 6.42 Å². The number of hydrogen-bond acceptors (Lipinski definition) is 3. The summed E-state index contributed by atoms with van der Waals surface area (Å²) in [4.78, 5) is 14.6. The summed E-state index contributed by atoms with van der Waals surface area (Å²) in [6, 6.07) is 8.53. The average Bonchev–Trinajstić information content (AvgIpc) is 2.96. The van der Waals surface area contributed by atoms with Crippen molar-refractivity contribution in [1.29, 1.82) is 0 Å². The molecule has 0 spiro atoms. The summed E-state index contributed by atoms with van der Waals surface area (Å²) in [7, 11) is 2.15. The number of aryl methyl sites for hydroxylation is 3. The highest BCUT2D eigenvalue weighted by atomic mass is 16.1. The predicted molar refractivity (Wildman–Crippen MR) is 117 cm³/mol. The fourth-order valence-corrected chi connectivity index (χ4v) is 3.92. The topological polar surface area (TPSA) is 32.3 Å². The van der Waals surface area contributed by atoms with Crippen LogP contribution in [-0.4, -0.2) is 19.0 Å². The Morgan fingerprint density at radius 1 is 1.07 bits per heavy atom. The Kier molecular flexibility index (Phi) is 6.69. The van der Waals surface area contributed by atoms with Crippen molar-refractivity contribution in [1.82, 2.24) is 0 Å². The zero-order chi connectivity index (χ0) is 20.3. The van der Waals surface area contributed by atoms with Crippen LogP contribution in [-0.2, 0) is 6.42 Å². The maximum atomic E-state index is 12.2. The Morgan fingerprint density at radius 2 is 1.74 bits per heavy atom. The lowest BCUT2D eigenvalue weighted by Gasteiger charge is -2.24. The quantitative estimate of drug-likeness (QED) is 0.677. The van der Waals surface area contributed by atoms with Crippen molar-refractivity contribution in [2.75, 3.05) is 17.3 Å². The first-order valence-corrected chi connectivity index (χ1v) is 10.1. The molecule has 0 bridgehead atoms. The van der Waals surface area contributed by atoms with Crippen LogP contribution in [0.2, 0.25) is 0 Å². The second kappa shape index (κ2) is 8.60. The molecule has 0 radical (unpaired) electrons. The first-order chi connectivity index (χ1) is 12.8. The SMILES string of the molecule is CC.CCC(=O)c1ccc(C)c(CC2Nc3c(C)cc(C)cc3N2C)c1C. The first kappa shape index (κ1) is 21.0. The molecule has 1 atom stereocenters. The number of carbonyl (C=O) groups excluding carboxylic acids is 1. The molecule has 1 unspecified atom stereocenters. The number of nitrogens with zero attached hydrogens (tertiary/aromatic N) is 1. The largest absolute Gasteiger partial charge is 0.363 e. The molecule has 0 fully saturated rings. The van der Waals surface area contributed by atoms with Gasteiger partial charge in [-0.1, -0.05) is 39.0 Å². The second-order valence-corrected chi connectivity index (χ2v) is 7.26. The van der Waals surface area contributed by atoms with Crippen LogP contribution in [0.15, 0.2) is 24.3 Å². The lowest BCUT2D eigenvalue weighted by Crippen LogP contribution is -2.34. The van der Waals surface area contributed by atoms with Crippen molar-refractivity contribution < 1.29 is 4.79 Å². The summed E-state index contributed by atoms with van der Waals surface area (Å²) in [5.41, 5.74) is 9.60. The van der Waals surface area contributed by atoms with E-state index in [1.807, 2.05) is 26.8 Å². The van der Waals surface area contributed by atoms with Crippen molar-refractivity contribution in [3.8, 4) is 0 Å². The van der Waals surface area contributed by atoms with Crippen LogP contribution in [0.4, 0.5) is 11.4 Å². The number of anilines is 2. The van der Waals surface area contributed by atoms with Gasteiger partial charge in [0.05, 0.1) is 11.4 Å². The van der Waals surface area contributed by atoms with Crippen LogP contribution >= 0.6 is 0 Å². The van der Waals surface area contributed by atoms with E-state index in [-0.39, 0.29) is 11.9 Å². The first-order valence-electron chi connectivity index (χ1n) is 10.1. The van der Waals surface area contributed by atoms with Gasteiger partial charge in [0, 0.05) is 25.5 Å². The lowest BCUT2D eigenvalue weighted by atomic mass is 9.92. The molecular formula is C24H34N2O. The highest BCUT2D eigenvalue weighted by Gasteiger charge is 2.28. The van der Waals surface area contributed by atoms with Gasteiger partial charge in [0.2, 0.25) is 0 Å². The van der Waals surface area contributed by atoms with Crippen LogP contribution < -0.4 is 10.2 Å². The molecule has 1 heterocycles. The van der Waals surface area contributed by atoms with Crippen LogP contribution in [0.25, 0.3) is 0 Å². The molecule has 2 aromatic carbocycles. The van der Waals surface area contributed by atoms with Crippen LogP contribution in [0.5, 0.6) is 0 Å². The van der Waals surface area contributed by atoms with Gasteiger partial charge in [0.15, 0.2) is 5.78 Å². The molecule has 146 valence electrons. The molecular weight excluding hydrogens is 332 g/mol. The molecule has 3 rings (SSSR count). The van der Waals surface area contributed by atoms with Crippen LogP contribution in [0.1, 0.15) is 65.4 Å². The molecule has 0 aromatic heterocycles. The van der Waals surface area contributed by atoms with Gasteiger partial charge in [-0.05, 0) is 61.6 Å². The normalized spacial score (nSPS) is 15.0. The number of Topliss-reactive ketones (excluding diaryl/α,β-unsaturated/α-hetero) is 1. The number of hydrogen-bond donors (Lipinski definition) is 1. The Morgan fingerprint density at radius 3 is 2.37 bits per heavy atom. The third-order valence-electron chi connectivity index (χ3n) is 5.47. The molecule has 0 amide bonds. The fourth-order valence-electron chi connectivity index (χ4n) is 3.92. The van der Waals surface area contributed by atoms with E-state index in [2.05, 4.69) is 63.2 Å². The minimum atomic E-state index is 0.208. The van der Waals surface area contributed by atoms with Gasteiger partial charge in [-0.3, -0.25) is 4.79 Å². The third kappa shape index (κ3) is 4.02. The molecule has 1 aliphatic heterocycles. The van der Waals surface area contributed by atoms with E-state index in [0.717, 1.165) is 17.5 Å². The Bertz CT molecular complexity index is 839. The predicted octanol–water partition coefficient (Wildman–Crippen LogP) is 5.97. The molecule has 27 heavy (non-hydrogen) atoms. The van der Waals surface area contributed by atoms with E-state index in [1.165, 1.54) is 33.6 Å². The van der Waals surface area contributed by atoms with Crippen LogP contribution in [0.3, 0.4) is 0 Å². The number of ketones is 1. The molecule has 0 saturated heterocycles. The molecule has 3 heteroatoms. The Balaban J connectivity index is 0.00000126. The summed E-state index contributed by atoms with van der Waals surface area (Å²) >= 11 is 0. The highest BCUT2D eigenvalue weighted by molar-refractivity contribution is 5.97. The third-order valence-corrected chi connectivity index (χ3v) is 5.47. The van der Waals surface area contributed by atoms with Gasteiger partial charge in [0.25, 0.3) is 0 Å². The van der Waals surface area contributed by atoms with Gasteiger partial charge in [-0.25, -0.2) is 0 Å². The van der Waals surface area contributed by atoms with E-state index >= 15 is 0 Å². The Hall–Kier alpha value is -2.29. The van der Waals surface area contributed by atoms with Crippen molar-refractivity contribution >= 4 is 17.2 Å². The minimum absolute atomic E-state index is 0.208. The van der Waals surface area contributed by atoms with Crippen molar-refractivity contribution in [3.05, 3.63) is 57.6 Å². The number of nitrogens with one attached hydrogen (secondary N) is 1. The summed E-state index contributed by atoms with van der Waals surface area (Å²) in [5, 5.41) is 3.69. The average molecular weight is 367 g/mol. The van der Waals surface area contributed by atoms with Gasteiger partial charge >= 0.3 is 0 Å². The second-order valence-electron chi connectivity index (χ2n) is 7.26. The molecule has 1 aliphatic rings. The van der Waals surface area contributed by atoms with E-state index in [4.69, 9.17) is 0 Å². The fraction of sp³-hybridized carbons (Fsp3) is 0.458. The maximum absolute atomic E-state index is 12.2. The number of likely N-dealkylation sites (N-methyl/N-ethyl adjacent to an activating group) is 1. The summed E-state index contributed by atoms with van der Waals surface area (Å²) < 4.78 is 0. The number of carbonyl (C=O) groups is 1. The van der Waals surface area contributed by atoms with Gasteiger partial charge in [0.1, 0.15) is 6.17 Å². The zero-order valence-corrected chi connectivity index (χ0v) is 18.2. The van der Waals surface area contributed by atoms with E-state index in [9.17, 15) is 4.79 Å². The van der Waals surface area contributed by atoms with Gasteiger partial charge < -0.3 is 10.2 Å². The molecule has 3 nitrogen and oxygen atoms in total.